The van der Waals surface area contributed by atoms with E-state index in [0.29, 0.717) is 18.9 Å². The van der Waals surface area contributed by atoms with Gasteiger partial charge in [-0.05, 0) is 48.1 Å². The van der Waals surface area contributed by atoms with Gasteiger partial charge in [-0.3, -0.25) is 19.8 Å². The lowest BCUT2D eigenvalue weighted by Gasteiger charge is -2.49. The van der Waals surface area contributed by atoms with Crippen LogP contribution in [-0.2, 0) is 17.8 Å². The van der Waals surface area contributed by atoms with E-state index in [1.807, 2.05) is 30.3 Å². The molecule has 0 bridgehead atoms. The molecule has 2 heterocycles. The molecule has 1 N–H and O–H groups in total. The van der Waals surface area contributed by atoms with Gasteiger partial charge in [0.1, 0.15) is 0 Å². The maximum absolute atomic E-state index is 13.3. The van der Waals surface area contributed by atoms with Crippen LogP contribution in [0.2, 0.25) is 5.02 Å². The zero-order chi connectivity index (χ0) is 23.5. The van der Waals surface area contributed by atoms with Crippen LogP contribution in [0.4, 0.5) is 11.4 Å². The molecule has 2 aliphatic rings. The van der Waals surface area contributed by atoms with Crippen LogP contribution in [0.5, 0.6) is 0 Å². The summed E-state index contributed by atoms with van der Waals surface area (Å²) >= 11 is 6.03. The molecule has 2 aromatic rings. The Balaban J connectivity index is 1.56. The molecule has 0 aliphatic carbocycles. The van der Waals surface area contributed by atoms with E-state index in [0.717, 1.165) is 48.9 Å². The van der Waals surface area contributed by atoms with Crippen molar-refractivity contribution in [2.75, 3.05) is 31.1 Å². The molecule has 2 unspecified atom stereocenters. The Hall–Kier alpha value is -2.64. The predicted molar refractivity (Wildman–Crippen MR) is 131 cm³/mol. The van der Waals surface area contributed by atoms with Crippen LogP contribution in [0.1, 0.15) is 31.4 Å². The van der Waals surface area contributed by atoms with E-state index in [-0.39, 0.29) is 28.5 Å². The van der Waals surface area contributed by atoms with Gasteiger partial charge in [0.2, 0.25) is 5.91 Å². The third kappa shape index (κ3) is 5.47. The molecule has 4 rings (SSSR count). The molecule has 2 aliphatic heterocycles. The molecule has 176 valence electrons. The number of nitrogens with zero attached hydrogens (tertiary/aromatic N) is 3. The zero-order valence-corrected chi connectivity index (χ0v) is 19.9. The minimum atomic E-state index is -0.367. The third-order valence-electron chi connectivity index (χ3n) is 6.67. The molecule has 0 saturated carbocycles. The number of nitro benzene ring substituents is 1. The van der Waals surface area contributed by atoms with Gasteiger partial charge in [-0.25, -0.2) is 0 Å². The standard InChI is InChI=1S/C25H31ClN4O3/c1-17(2)9-10-27-25(31)22-14-19-13-21(30(32)33)7-8-23(19)29-12-11-28(16-24(22)29)15-18-3-5-20(26)6-4-18/h3-8,13,17,22,24H,9-12,14-16H2,1-2H3,(H,27,31). The van der Waals surface area contributed by atoms with Crippen molar-refractivity contribution < 1.29 is 9.72 Å². The maximum atomic E-state index is 13.3. The molecule has 33 heavy (non-hydrogen) atoms. The van der Waals surface area contributed by atoms with Gasteiger partial charge in [-0.2, -0.15) is 0 Å². The van der Waals surface area contributed by atoms with Crippen LogP contribution in [0.15, 0.2) is 42.5 Å². The van der Waals surface area contributed by atoms with Crippen molar-refractivity contribution >= 4 is 28.9 Å². The number of hydrogen-bond donors (Lipinski definition) is 1. The molecule has 8 heteroatoms. The average molecular weight is 471 g/mol. The first-order chi connectivity index (χ1) is 15.8. The van der Waals surface area contributed by atoms with E-state index in [1.54, 1.807) is 12.1 Å². The fraction of sp³-hybridized carbons (Fsp3) is 0.480. The number of piperazine rings is 1. The van der Waals surface area contributed by atoms with E-state index >= 15 is 0 Å². The number of fused-ring (bicyclic) bond motifs is 3. The SMILES string of the molecule is CC(C)CCNC(=O)C1Cc2cc([N+](=O)[O-])ccc2N2CCN(Cc3ccc(Cl)cc3)CC12. The lowest BCUT2D eigenvalue weighted by atomic mass is 9.83. The Morgan fingerprint density at radius 1 is 1.21 bits per heavy atom. The first kappa shape index (κ1) is 23.5. The van der Waals surface area contributed by atoms with Gasteiger partial charge in [-0.15, -0.1) is 0 Å². The monoisotopic (exact) mass is 470 g/mol. The van der Waals surface area contributed by atoms with Gasteiger partial charge < -0.3 is 10.2 Å². The Kier molecular flexibility index (Phi) is 7.20. The van der Waals surface area contributed by atoms with Crippen LogP contribution in [0.3, 0.4) is 0 Å². The largest absolute Gasteiger partial charge is 0.365 e. The molecule has 7 nitrogen and oxygen atoms in total. The number of carbonyl (C=O) groups excluding carboxylic acids is 1. The van der Waals surface area contributed by atoms with Crippen LogP contribution < -0.4 is 10.2 Å². The second-order valence-electron chi connectivity index (χ2n) is 9.48. The van der Waals surface area contributed by atoms with Crippen molar-refractivity contribution in [1.82, 2.24) is 10.2 Å². The second-order valence-corrected chi connectivity index (χ2v) is 9.91. The van der Waals surface area contributed by atoms with Gasteiger partial charge in [-0.1, -0.05) is 37.6 Å². The van der Waals surface area contributed by atoms with E-state index < -0.39 is 0 Å². The number of anilines is 1. The molecular weight excluding hydrogens is 440 g/mol. The molecule has 2 atom stereocenters. The van der Waals surface area contributed by atoms with E-state index in [2.05, 4.69) is 29.0 Å². The Labute approximate surface area is 199 Å². The first-order valence-electron chi connectivity index (χ1n) is 11.6. The molecular formula is C25H31ClN4O3. The highest BCUT2D eigenvalue weighted by molar-refractivity contribution is 6.30. The smallest absolute Gasteiger partial charge is 0.269 e. The van der Waals surface area contributed by atoms with Crippen molar-refractivity contribution in [3.05, 3.63) is 68.7 Å². The summed E-state index contributed by atoms with van der Waals surface area (Å²) in [6, 6.07) is 13.0. The summed E-state index contributed by atoms with van der Waals surface area (Å²) < 4.78 is 0. The number of hydrogen-bond acceptors (Lipinski definition) is 5. The third-order valence-corrected chi connectivity index (χ3v) is 6.92. The topological polar surface area (TPSA) is 78.7 Å². The summed E-state index contributed by atoms with van der Waals surface area (Å²) in [5, 5.41) is 15.2. The molecule has 1 amide bonds. The van der Waals surface area contributed by atoms with E-state index in [9.17, 15) is 14.9 Å². The van der Waals surface area contributed by atoms with Crippen LogP contribution in [0.25, 0.3) is 0 Å². The van der Waals surface area contributed by atoms with E-state index in [1.165, 1.54) is 5.56 Å². The number of amides is 1. The fourth-order valence-electron chi connectivity index (χ4n) is 4.89. The lowest BCUT2D eigenvalue weighted by Crippen LogP contribution is -2.60. The second kappa shape index (κ2) is 10.1. The normalized spacial score (nSPS) is 20.3. The Bertz CT molecular complexity index is 1010. The lowest BCUT2D eigenvalue weighted by molar-refractivity contribution is -0.384. The van der Waals surface area contributed by atoms with Crippen LogP contribution in [-0.4, -0.2) is 48.0 Å². The summed E-state index contributed by atoms with van der Waals surface area (Å²) in [5.41, 5.74) is 3.17. The van der Waals surface area contributed by atoms with Crippen molar-refractivity contribution in [3.8, 4) is 0 Å². The fourth-order valence-corrected chi connectivity index (χ4v) is 5.02. The highest BCUT2D eigenvalue weighted by Crippen LogP contribution is 2.38. The van der Waals surface area contributed by atoms with Gasteiger partial charge in [0.15, 0.2) is 0 Å². The summed E-state index contributed by atoms with van der Waals surface area (Å²) in [7, 11) is 0. The maximum Gasteiger partial charge on any atom is 0.269 e. The molecule has 0 spiro atoms. The molecule has 0 radical (unpaired) electrons. The quantitative estimate of drug-likeness (QED) is 0.482. The van der Waals surface area contributed by atoms with Crippen molar-refractivity contribution in [2.45, 2.75) is 39.3 Å². The minimum Gasteiger partial charge on any atom is -0.365 e. The summed E-state index contributed by atoms with van der Waals surface area (Å²) in [4.78, 5) is 28.9. The van der Waals surface area contributed by atoms with E-state index in [4.69, 9.17) is 11.6 Å². The summed E-state index contributed by atoms with van der Waals surface area (Å²) in [6.07, 6.45) is 1.44. The van der Waals surface area contributed by atoms with Crippen LogP contribution in [0, 0.1) is 22.0 Å². The van der Waals surface area contributed by atoms with Crippen molar-refractivity contribution in [2.24, 2.45) is 11.8 Å². The summed E-state index contributed by atoms with van der Waals surface area (Å²) in [5.74, 6) is 0.303. The Morgan fingerprint density at radius 3 is 2.67 bits per heavy atom. The van der Waals surface area contributed by atoms with Crippen LogP contribution >= 0.6 is 11.6 Å². The molecule has 0 aromatic heterocycles. The minimum absolute atomic E-state index is 0.0269. The zero-order valence-electron chi connectivity index (χ0n) is 19.2. The van der Waals surface area contributed by atoms with Crippen molar-refractivity contribution in [1.29, 1.82) is 0 Å². The summed E-state index contributed by atoms with van der Waals surface area (Å²) in [6.45, 7) is 8.13. The number of carbonyl (C=O) groups is 1. The van der Waals surface area contributed by atoms with Gasteiger partial charge in [0.25, 0.3) is 5.69 Å². The number of non-ortho nitro benzene ring substituents is 1. The molecule has 2 aromatic carbocycles. The highest BCUT2D eigenvalue weighted by Gasteiger charge is 2.41. The number of rotatable bonds is 7. The van der Waals surface area contributed by atoms with Gasteiger partial charge in [0.05, 0.1) is 16.9 Å². The number of nitrogens with one attached hydrogen (secondary N) is 1. The molecule has 1 fully saturated rings. The average Bonchev–Trinajstić information content (AvgIpc) is 2.79. The highest BCUT2D eigenvalue weighted by atomic mass is 35.5. The number of nitro groups is 1. The van der Waals surface area contributed by atoms with Gasteiger partial charge in [0, 0.05) is 55.6 Å². The van der Waals surface area contributed by atoms with Crippen molar-refractivity contribution in [3.63, 3.8) is 0 Å². The molecule has 1 saturated heterocycles. The first-order valence-corrected chi connectivity index (χ1v) is 12.0. The Morgan fingerprint density at radius 2 is 1.97 bits per heavy atom. The predicted octanol–water partition coefficient (Wildman–Crippen LogP) is 4.27. The van der Waals surface area contributed by atoms with Gasteiger partial charge >= 0.3 is 0 Å². The number of halogens is 1. The number of benzene rings is 2.